The molecule has 3 atom stereocenters. The normalized spacial score (nSPS) is 40.8. The van der Waals surface area contributed by atoms with Gasteiger partial charge < -0.3 is 4.90 Å². The van der Waals surface area contributed by atoms with Crippen molar-refractivity contribution in [3.8, 4) is 0 Å². The van der Waals surface area contributed by atoms with Gasteiger partial charge in [0.15, 0.2) is 0 Å². The smallest absolute Gasteiger partial charge is 0.233 e. The molecule has 1 amide bonds. The average molecular weight is 167 g/mol. The number of fused-ring (bicyclic) bond motifs is 3. The van der Waals surface area contributed by atoms with Crippen LogP contribution in [-0.2, 0) is 9.59 Å². The highest BCUT2D eigenvalue weighted by Crippen LogP contribution is 2.36. The van der Waals surface area contributed by atoms with Crippen LogP contribution in [0.5, 0.6) is 0 Å². The number of hydrogen-bond acceptors (Lipinski definition) is 2. The van der Waals surface area contributed by atoms with Gasteiger partial charge in [0.05, 0.1) is 5.92 Å². The van der Waals surface area contributed by atoms with E-state index in [0.717, 1.165) is 6.42 Å². The second-order valence-electron chi connectivity index (χ2n) is 3.96. The molecule has 3 fully saturated rings. The molecule has 3 nitrogen and oxygen atoms in total. The Balaban J connectivity index is 2.33. The second kappa shape index (κ2) is 2.31. The number of piperidine rings is 2. The number of nitrogens with zero attached hydrogens (tertiary/aromatic N) is 1. The molecule has 66 valence electrons. The third-order valence-corrected chi connectivity index (χ3v) is 3.16. The lowest BCUT2D eigenvalue weighted by Gasteiger charge is -2.45. The van der Waals surface area contributed by atoms with Gasteiger partial charge in [0.1, 0.15) is 5.78 Å². The van der Waals surface area contributed by atoms with Crippen LogP contribution in [0, 0.1) is 11.8 Å². The lowest BCUT2D eigenvalue weighted by atomic mass is 9.72. The Kier molecular flexibility index (Phi) is 1.50. The lowest BCUT2D eigenvalue weighted by molar-refractivity contribution is -0.156. The van der Waals surface area contributed by atoms with Crippen LogP contribution in [0.15, 0.2) is 0 Å². The van der Waals surface area contributed by atoms with Gasteiger partial charge in [0.25, 0.3) is 0 Å². The van der Waals surface area contributed by atoms with Gasteiger partial charge in [-0.2, -0.15) is 0 Å². The summed E-state index contributed by atoms with van der Waals surface area (Å²) in [4.78, 5) is 24.6. The summed E-state index contributed by atoms with van der Waals surface area (Å²) in [5.74, 6) is 0.136. The minimum Gasteiger partial charge on any atom is -0.342 e. The van der Waals surface area contributed by atoms with Crippen LogP contribution in [0.1, 0.15) is 19.8 Å². The van der Waals surface area contributed by atoms with E-state index in [1.54, 1.807) is 11.9 Å². The van der Waals surface area contributed by atoms with E-state index in [9.17, 15) is 9.59 Å². The van der Waals surface area contributed by atoms with Crippen molar-refractivity contribution in [2.24, 2.45) is 11.8 Å². The molecule has 2 heterocycles. The van der Waals surface area contributed by atoms with Crippen LogP contribution in [0.4, 0.5) is 0 Å². The molecule has 0 radical (unpaired) electrons. The first-order valence-electron chi connectivity index (χ1n) is 4.40. The monoisotopic (exact) mass is 167 g/mol. The van der Waals surface area contributed by atoms with Crippen molar-refractivity contribution in [1.29, 1.82) is 0 Å². The summed E-state index contributed by atoms with van der Waals surface area (Å²) in [7, 11) is 1.80. The van der Waals surface area contributed by atoms with E-state index in [4.69, 9.17) is 0 Å². The molecule has 2 saturated heterocycles. The Bertz CT molecular complexity index is 249. The Hall–Kier alpha value is -0.860. The number of carbonyl (C=O) groups is 2. The molecule has 0 aromatic carbocycles. The molecular formula is C9H13NO2. The van der Waals surface area contributed by atoms with E-state index in [1.807, 2.05) is 6.92 Å². The van der Waals surface area contributed by atoms with Gasteiger partial charge in [-0.15, -0.1) is 0 Å². The predicted octanol–water partition coefficient (Wildman–Crippen LogP) is 0.442. The number of Topliss-reactive ketones (excluding diaryl/α,β-unsaturated/α-hetero) is 1. The topological polar surface area (TPSA) is 37.4 Å². The first kappa shape index (κ1) is 7.77. The molecular weight excluding hydrogens is 154 g/mol. The zero-order valence-electron chi connectivity index (χ0n) is 7.41. The third kappa shape index (κ3) is 0.822. The summed E-state index contributed by atoms with van der Waals surface area (Å²) < 4.78 is 0. The highest BCUT2D eigenvalue weighted by molar-refractivity contribution is 6.05. The van der Waals surface area contributed by atoms with Crippen LogP contribution in [0.2, 0.25) is 0 Å². The Morgan fingerprint density at radius 2 is 2.08 bits per heavy atom. The zero-order valence-corrected chi connectivity index (χ0v) is 7.41. The SMILES string of the molecule is CC1CC2CC(=O)C1C(=O)N2C. The van der Waals surface area contributed by atoms with E-state index < -0.39 is 0 Å². The summed E-state index contributed by atoms with van der Waals surface area (Å²) in [5.41, 5.74) is 0. The van der Waals surface area contributed by atoms with Gasteiger partial charge in [0.2, 0.25) is 5.91 Å². The maximum atomic E-state index is 11.5. The summed E-state index contributed by atoms with van der Waals surface area (Å²) in [6.07, 6.45) is 1.58. The van der Waals surface area contributed by atoms with Gasteiger partial charge in [-0.05, 0) is 12.3 Å². The standard InChI is InChI=1S/C9H13NO2/c1-5-3-6-4-7(11)8(5)9(12)10(6)2/h5-6,8H,3-4H2,1-2H3. The van der Waals surface area contributed by atoms with E-state index in [-0.39, 0.29) is 29.6 Å². The Morgan fingerprint density at radius 1 is 1.42 bits per heavy atom. The molecule has 3 aliphatic rings. The molecule has 3 unspecified atom stereocenters. The first-order chi connectivity index (χ1) is 5.61. The van der Waals surface area contributed by atoms with Gasteiger partial charge in [0, 0.05) is 19.5 Å². The molecule has 3 heteroatoms. The summed E-state index contributed by atoms with van der Waals surface area (Å²) >= 11 is 0. The second-order valence-corrected chi connectivity index (χ2v) is 3.96. The fourth-order valence-electron chi connectivity index (χ4n) is 2.40. The highest BCUT2D eigenvalue weighted by Gasteiger charge is 2.47. The molecule has 0 spiro atoms. The van der Waals surface area contributed by atoms with Crippen LogP contribution in [0.3, 0.4) is 0 Å². The fraction of sp³-hybridized carbons (Fsp3) is 0.778. The quantitative estimate of drug-likeness (QED) is 0.491. The number of amides is 1. The lowest BCUT2D eigenvalue weighted by Crippen LogP contribution is -2.57. The van der Waals surface area contributed by atoms with Crippen LogP contribution in [-0.4, -0.2) is 29.7 Å². The van der Waals surface area contributed by atoms with Crippen molar-refractivity contribution in [2.45, 2.75) is 25.8 Å². The van der Waals surface area contributed by atoms with Crippen molar-refractivity contribution in [3.05, 3.63) is 0 Å². The first-order valence-corrected chi connectivity index (χ1v) is 4.40. The number of hydrogen-bond donors (Lipinski definition) is 0. The van der Waals surface area contributed by atoms with Crippen LogP contribution in [0.25, 0.3) is 0 Å². The third-order valence-electron chi connectivity index (χ3n) is 3.16. The van der Waals surface area contributed by atoms with E-state index >= 15 is 0 Å². The zero-order chi connectivity index (χ0) is 8.88. The largest absolute Gasteiger partial charge is 0.342 e. The van der Waals surface area contributed by atoms with E-state index in [0.29, 0.717) is 6.42 Å². The van der Waals surface area contributed by atoms with Crippen molar-refractivity contribution >= 4 is 11.7 Å². The maximum Gasteiger partial charge on any atom is 0.233 e. The predicted molar refractivity (Wildman–Crippen MR) is 43.5 cm³/mol. The summed E-state index contributed by atoms with van der Waals surface area (Å²) in [6.45, 7) is 2.00. The molecule has 0 aromatic heterocycles. The molecule has 2 aliphatic heterocycles. The van der Waals surface area contributed by atoms with Crippen molar-refractivity contribution < 1.29 is 9.59 Å². The minimum absolute atomic E-state index is 0.0370. The van der Waals surface area contributed by atoms with E-state index in [2.05, 4.69) is 0 Å². The minimum atomic E-state index is -0.319. The number of carbonyl (C=O) groups excluding carboxylic acids is 2. The molecule has 3 rings (SSSR count). The van der Waals surface area contributed by atoms with Gasteiger partial charge in [-0.3, -0.25) is 9.59 Å². The molecule has 12 heavy (non-hydrogen) atoms. The molecule has 2 bridgehead atoms. The van der Waals surface area contributed by atoms with Crippen LogP contribution >= 0.6 is 0 Å². The van der Waals surface area contributed by atoms with Crippen molar-refractivity contribution in [1.82, 2.24) is 4.90 Å². The molecule has 0 aromatic rings. The number of rotatable bonds is 0. The van der Waals surface area contributed by atoms with Gasteiger partial charge in [-0.1, -0.05) is 6.92 Å². The van der Waals surface area contributed by atoms with Crippen LogP contribution < -0.4 is 0 Å². The average Bonchev–Trinajstić information content (AvgIpc) is 1.98. The van der Waals surface area contributed by atoms with Gasteiger partial charge in [-0.25, -0.2) is 0 Å². The molecule has 1 saturated carbocycles. The number of ketones is 1. The molecule has 0 N–H and O–H groups in total. The summed E-state index contributed by atoms with van der Waals surface area (Å²) in [6, 6.07) is 0.185. The Labute approximate surface area is 71.7 Å². The van der Waals surface area contributed by atoms with E-state index in [1.165, 1.54) is 0 Å². The summed E-state index contributed by atoms with van der Waals surface area (Å²) in [5, 5.41) is 0. The Morgan fingerprint density at radius 3 is 2.50 bits per heavy atom. The fourth-order valence-corrected chi connectivity index (χ4v) is 2.40. The highest BCUT2D eigenvalue weighted by atomic mass is 16.2. The van der Waals surface area contributed by atoms with Gasteiger partial charge >= 0.3 is 0 Å². The van der Waals surface area contributed by atoms with Crippen molar-refractivity contribution in [3.63, 3.8) is 0 Å². The maximum absolute atomic E-state index is 11.5. The molecule has 1 aliphatic carbocycles. The van der Waals surface area contributed by atoms with Crippen molar-refractivity contribution in [2.75, 3.05) is 7.05 Å².